The van der Waals surface area contributed by atoms with Crippen LogP contribution in [0.4, 0.5) is 13.2 Å². The minimum absolute atomic E-state index is 0.122. The minimum Gasteiger partial charge on any atom is -0.481 e. The zero-order valence-corrected chi connectivity index (χ0v) is 7.27. The lowest BCUT2D eigenvalue weighted by Gasteiger charge is -2.26. The third-order valence-corrected chi connectivity index (χ3v) is 3.19. The summed E-state index contributed by atoms with van der Waals surface area (Å²) < 4.78 is 37.5. The van der Waals surface area contributed by atoms with Gasteiger partial charge >= 0.3 is 12.1 Å². The van der Waals surface area contributed by atoms with E-state index in [1.807, 2.05) is 0 Å². The third kappa shape index (κ3) is 1.07. The van der Waals surface area contributed by atoms with Crippen molar-refractivity contribution in [1.29, 1.82) is 0 Å². The van der Waals surface area contributed by atoms with Crippen LogP contribution in [0.5, 0.6) is 0 Å². The van der Waals surface area contributed by atoms with E-state index in [4.69, 9.17) is 5.11 Å². The highest BCUT2D eigenvalue weighted by molar-refractivity contribution is 5.80. The molecule has 0 spiro atoms. The fourth-order valence-corrected chi connectivity index (χ4v) is 2.54. The number of carbonyl (C=O) groups is 1. The number of allylic oxidation sites excluding steroid dienone is 1. The molecule has 1 N–H and O–H groups in total. The van der Waals surface area contributed by atoms with Gasteiger partial charge in [0.1, 0.15) is 0 Å². The molecule has 0 aromatic heterocycles. The van der Waals surface area contributed by atoms with Crippen LogP contribution in [-0.4, -0.2) is 17.3 Å². The Balaban J connectivity index is 2.43. The number of aliphatic carboxylic acids is 1. The van der Waals surface area contributed by atoms with Crippen molar-refractivity contribution in [1.82, 2.24) is 0 Å². The summed E-state index contributed by atoms with van der Waals surface area (Å²) in [5, 5.41) is 8.88. The molecule has 1 saturated carbocycles. The van der Waals surface area contributed by atoms with Crippen LogP contribution in [0.3, 0.4) is 0 Å². The van der Waals surface area contributed by atoms with Crippen LogP contribution in [-0.2, 0) is 4.79 Å². The molecule has 2 aliphatic rings. The highest BCUT2D eigenvalue weighted by Crippen LogP contribution is 2.58. The fourth-order valence-electron chi connectivity index (χ4n) is 2.54. The average Bonchev–Trinajstić information content (AvgIpc) is 2.59. The second-order valence-corrected chi connectivity index (χ2v) is 3.97. The van der Waals surface area contributed by atoms with Gasteiger partial charge in [-0.1, -0.05) is 6.08 Å². The number of alkyl halides is 3. The summed E-state index contributed by atoms with van der Waals surface area (Å²) in [4.78, 5) is 10.9. The molecule has 0 amide bonds. The van der Waals surface area contributed by atoms with Gasteiger partial charge in [0.2, 0.25) is 0 Å². The maximum absolute atomic E-state index is 12.5. The lowest BCUT2D eigenvalue weighted by atomic mass is 9.80. The Morgan fingerprint density at radius 1 is 1.57 bits per heavy atom. The van der Waals surface area contributed by atoms with Gasteiger partial charge in [-0.2, -0.15) is 13.2 Å². The fraction of sp³-hybridized carbons (Fsp3) is 0.667. The zero-order chi connectivity index (χ0) is 10.6. The largest absolute Gasteiger partial charge is 0.481 e. The molecule has 2 unspecified atom stereocenters. The van der Waals surface area contributed by atoms with Crippen LogP contribution in [0.2, 0.25) is 0 Å². The van der Waals surface area contributed by atoms with Crippen molar-refractivity contribution in [2.75, 3.05) is 0 Å². The number of rotatable bonds is 1. The van der Waals surface area contributed by atoms with Crippen molar-refractivity contribution in [2.24, 2.45) is 11.3 Å². The standard InChI is InChI=1S/C9H9F3O2/c10-9(11,12)6-3-5-1-2-8(6,4-5)7(13)14/h3,5H,1-2,4H2,(H,13,14). The highest BCUT2D eigenvalue weighted by Gasteiger charge is 2.60. The Morgan fingerprint density at radius 2 is 2.21 bits per heavy atom. The molecule has 0 aliphatic heterocycles. The van der Waals surface area contributed by atoms with E-state index in [2.05, 4.69) is 0 Å². The second-order valence-electron chi connectivity index (χ2n) is 3.97. The Labute approximate surface area is 78.4 Å². The summed E-state index contributed by atoms with van der Waals surface area (Å²) in [7, 11) is 0. The molecule has 14 heavy (non-hydrogen) atoms. The number of carboxylic acid groups (broad SMARTS) is 1. The van der Waals surface area contributed by atoms with Crippen molar-refractivity contribution in [3.05, 3.63) is 11.6 Å². The van der Waals surface area contributed by atoms with Crippen molar-refractivity contribution < 1.29 is 23.1 Å². The topological polar surface area (TPSA) is 37.3 Å². The van der Waals surface area contributed by atoms with E-state index in [0.29, 0.717) is 6.42 Å². The number of carboxylic acids is 1. The van der Waals surface area contributed by atoms with E-state index in [1.54, 1.807) is 0 Å². The average molecular weight is 206 g/mol. The molecule has 78 valence electrons. The van der Waals surface area contributed by atoms with Crippen LogP contribution in [0.15, 0.2) is 11.6 Å². The van der Waals surface area contributed by atoms with Gasteiger partial charge in [0.15, 0.2) is 0 Å². The van der Waals surface area contributed by atoms with E-state index in [-0.39, 0.29) is 18.8 Å². The van der Waals surface area contributed by atoms with Crippen molar-refractivity contribution in [2.45, 2.75) is 25.4 Å². The molecule has 0 aromatic carbocycles. The molecule has 0 radical (unpaired) electrons. The predicted molar refractivity (Wildman–Crippen MR) is 41.5 cm³/mol. The molecule has 2 bridgehead atoms. The van der Waals surface area contributed by atoms with E-state index >= 15 is 0 Å². The first-order valence-corrected chi connectivity index (χ1v) is 4.39. The summed E-state index contributed by atoms with van der Waals surface area (Å²) in [6.45, 7) is 0. The molecule has 0 aromatic rings. The Morgan fingerprint density at radius 3 is 2.57 bits per heavy atom. The molecule has 0 saturated heterocycles. The summed E-state index contributed by atoms with van der Waals surface area (Å²) in [6.07, 6.45) is -2.59. The maximum atomic E-state index is 12.5. The lowest BCUT2D eigenvalue weighted by Crippen LogP contribution is -2.35. The van der Waals surface area contributed by atoms with E-state index in [0.717, 1.165) is 6.08 Å². The van der Waals surface area contributed by atoms with Crippen LogP contribution in [0.25, 0.3) is 0 Å². The number of fused-ring (bicyclic) bond motifs is 2. The normalized spacial score (nSPS) is 35.9. The first-order chi connectivity index (χ1) is 6.36. The SMILES string of the molecule is O=C(O)C12CCC(C=C1C(F)(F)F)C2. The molecule has 2 rings (SSSR count). The summed E-state index contributed by atoms with van der Waals surface area (Å²) in [5.41, 5.74) is -2.48. The van der Waals surface area contributed by atoms with Gasteiger partial charge in [-0.3, -0.25) is 4.79 Å². The minimum atomic E-state index is -4.49. The number of halogens is 3. The lowest BCUT2D eigenvalue weighted by molar-refractivity contribution is -0.154. The summed E-state index contributed by atoms with van der Waals surface area (Å²) in [5.74, 6) is -1.52. The zero-order valence-electron chi connectivity index (χ0n) is 7.27. The van der Waals surface area contributed by atoms with E-state index in [1.165, 1.54) is 0 Å². The smallest absolute Gasteiger partial charge is 0.413 e. The first-order valence-electron chi connectivity index (χ1n) is 4.39. The number of hydrogen-bond donors (Lipinski definition) is 1. The van der Waals surface area contributed by atoms with Gasteiger partial charge in [-0.05, 0) is 25.2 Å². The maximum Gasteiger partial charge on any atom is 0.413 e. The molecule has 0 heterocycles. The molecular formula is C9H9F3O2. The van der Waals surface area contributed by atoms with Crippen LogP contribution >= 0.6 is 0 Å². The summed E-state index contributed by atoms with van der Waals surface area (Å²) >= 11 is 0. The Hall–Kier alpha value is -1.00. The molecular weight excluding hydrogens is 197 g/mol. The van der Waals surface area contributed by atoms with E-state index < -0.39 is 23.1 Å². The van der Waals surface area contributed by atoms with Gasteiger partial charge in [0.05, 0.1) is 5.41 Å². The molecule has 2 atom stereocenters. The van der Waals surface area contributed by atoms with Crippen LogP contribution in [0.1, 0.15) is 19.3 Å². The predicted octanol–water partition coefficient (Wildman–Crippen LogP) is 2.36. The quantitative estimate of drug-likeness (QED) is 0.668. The second kappa shape index (κ2) is 2.52. The van der Waals surface area contributed by atoms with E-state index in [9.17, 15) is 18.0 Å². The van der Waals surface area contributed by atoms with Crippen LogP contribution < -0.4 is 0 Å². The summed E-state index contributed by atoms with van der Waals surface area (Å²) in [6, 6.07) is 0. The van der Waals surface area contributed by atoms with Gasteiger partial charge in [-0.25, -0.2) is 0 Å². The van der Waals surface area contributed by atoms with Gasteiger partial charge in [-0.15, -0.1) is 0 Å². The Kier molecular flexibility index (Phi) is 1.72. The third-order valence-electron chi connectivity index (χ3n) is 3.19. The number of hydrogen-bond acceptors (Lipinski definition) is 1. The van der Waals surface area contributed by atoms with Crippen LogP contribution in [0, 0.1) is 11.3 Å². The van der Waals surface area contributed by atoms with Gasteiger partial charge in [0, 0.05) is 5.57 Å². The van der Waals surface area contributed by atoms with Crippen molar-refractivity contribution >= 4 is 5.97 Å². The molecule has 5 heteroatoms. The molecule has 2 nitrogen and oxygen atoms in total. The highest BCUT2D eigenvalue weighted by atomic mass is 19.4. The van der Waals surface area contributed by atoms with Crippen molar-refractivity contribution in [3.63, 3.8) is 0 Å². The van der Waals surface area contributed by atoms with Crippen molar-refractivity contribution in [3.8, 4) is 0 Å². The molecule has 1 fully saturated rings. The molecule has 2 aliphatic carbocycles. The Bertz CT molecular complexity index is 319. The van der Waals surface area contributed by atoms with Gasteiger partial charge < -0.3 is 5.11 Å². The first kappa shape index (κ1) is 9.55. The monoisotopic (exact) mass is 206 g/mol. The van der Waals surface area contributed by atoms with Gasteiger partial charge in [0.25, 0.3) is 0 Å².